The number of nitrogens with zero attached hydrogens (tertiary/aromatic N) is 5. The first-order chi connectivity index (χ1) is 13.3. The number of amides is 1. The molecule has 0 aromatic carbocycles. The summed E-state index contributed by atoms with van der Waals surface area (Å²) in [5.41, 5.74) is 3.38. The predicted octanol–water partition coefficient (Wildman–Crippen LogP) is 2.81. The van der Waals surface area contributed by atoms with E-state index in [-0.39, 0.29) is 11.8 Å². The van der Waals surface area contributed by atoms with E-state index < -0.39 is 0 Å². The van der Waals surface area contributed by atoms with E-state index >= 15 is 0 Å². The number of aromatic nitrogens is 4. The Balaban J connectivity index is 1.52. The number of piperidine rings is 1. The van der Waals surface area contributed by atoms with E-state index in [0.29, 0.717) is 24.5 Å². The number of pyridine rings is 1. The smallest absolute Gasteiger partial charge is 0.259 e. The molecule has 27 heavy (non-hydrogen) atoms. The lowest BCUT2D eigenvalue weighted by Crippen LogP contribution is -2.40. The molecule has 1 fully saturated rings. The largest absolute Gasteiger partial charge is 0.480 e. The van der Waals surface area contributed by atoms with Gasteiger partial charge in [-0.15, -0.1) is 11.3 Å². The zero-order chi connectivity index (χ0) is 18.6. The normalized spacial score (nSPS) is 17.1. The summed E-state index contributed by atoms with van der Waals surface area (Å²) in [5, 5.41) is 2.05. The number of imidazole rings is 1. The van der Waals surface area contributed by atoms with Crippen molar-refractivity contribution in [1.82, 2.24) is 24.4 Å². The lowest BCUT2D eigenvalue weighted by Gasteiger charge is -2.33. The first-order valence-corrected chi connectivity index (χ1v) is 9.87. The minimum absolute atomic E-state index is 0.0396. The van der Waals surface area contributed by atoms with Gasteiger partial charge in [0.1, 0.15) is 11.4 Å². The van der Waals surface area contributed by atoms with Crippen molar-refractivity contribution in [3.05, 3.63) is 58.7 Å². The summed E-state index contributed by atoms with van der Waals surface area (Å²) >= 11 is 1.59. The summed E-state index contributed by atoms with van der Waals surface area (Å²) in [7, 11) is 1.54. The topological polar surface area (TPSA) is 73.1 Å². The van der Waals surface area contributed by atoms with Gasteiger partial charge in [-0.1, -0.05) is 0 Å². The van der Waals surface area contributed by atoms with Crippen LogP contribution in [0.3, 0.4) is 0 Å². The van der Waals surface area contributed by atoms with Crippen molar-refractivity contribution in [2.24, 2.45) is 0 Å². The summed E-state index contributed by atoms with van der Waals surface area (Å²) in [4.78, 5) is 28.0. The number of rotatable bonds is 5. The standard InChI is InChI=1S/C19H21N5O2S/c1-26-18-16(5-2-6-21-18)19(25)24-8-3-4-14(10-24)17-20-7-9-23(17)11-15-12-27-13-22-15/h2,5-7,9,12-14H,3-4,8,10-11H2,1H3/t14-/m0/s1. The van der Waals surface area contributed by atoms with Gasteiger partial charge in [-0.05, 0) is 25.0 Å². The van der Waals surface area contributed by atoms with E-state index in [0.717, 1.165) is 30.9 Å². The second kappa shape index (κ2) is 7.87. The lowest BCUT2D eigenvalue weighted by atomic mass is 9.96. The molecule has 140 valence electrons. The SMILES string of the molecule is COc1ncccc1C(=O)N1CCC[C@H](c2nccn2Cc2cscn2)C1. The number of carbonyl (C=O) groups is 1. The number of carbonyl (C=O) groups excluding carboxylic acids is 1. The van der Waals surface area contributed by atoms with Crippen LogP contribution in [0.1, 0.15) is 40.6 Å². The van der Waals surface area contributed by atoms with Gasteiger partial charge in [0.05, 0.1) is 24.9 Å². The van der Waals surface area contributed by atoms with Crippen LogP contribution in [0.4, 0.5) is 0 Å². The highest BCUT2D eigenvalue weighted by Crippen LogP contribution is 2.28. The Bertz CT molecular complexity index is 908. The summed E-state index contributed by atoms with van der Waals surface area (Å²) in [6, 6.07) is 3.53. The molecule has 7 nitrogen and oxygen atoms in total. The van der Waals surface area contributed by atoms with Gasteiger partial charge in [-0.2, -0.15) is 0 Å². The number of thiazole rings is 1. The van der Waals surface area contributed by atoms with Crippen LogP contribution in [-0.4, -0.2) is 50.5 Å². The highest BCUT2D eigenvalue weighted by Gasteiger charge is 2.29. The fraction of sp³-hybridized carbons (Fsp3) is 0.368. The summed E-state index contributed by atoms with van der Waals surface area (Å²) in [6.07, 6.45) is 7.40. The van der Waals surface area contributed by atoms with Gasteiger partial charge in [-0.25, -0.2) is 15.0 Å². The van der Waals surface area contributed by atoms with Gasteiger partial charge in [0.2, 0.25) is 5.88 Å². The van der Waals surface area contributed by atoms with Crippen LogP contribution in [0.25, 0.3) is 0 Å². The molecule has 1 aliphatic rings. The minimum Gasteiger partial charge on any atom is -0.480 e. The number of likely N-dealkylation sites (tertiary alicyclic amines) is 1. The maximum absolute atomic E-state index is 13.0. The number of ether oxygens (including phenoxy) is 1. The van der Waals surface area contributed by atoms with Crippen LogP contribution < -0.4 is 4.74 Å². The highest BCUT2D eigenvalue weighted by molar-refractivity contribution is 7.07. The summed E-state index contributed by atoms with van der Waals surface area (Å²) in [6.45, 7) is 2.09. The van der Waals surface area contributed by atoms with Gasteiger partial charge in [0.15, 0.2) is 0 Å². The molecule has 4 heterocycles. The fourth-order valence-corrected chi connectivity index (χ4v) is 4.11. The molecule has 3 aromatic heterocycles. The second-order valence-electron chi connectivity index (χ2n) is 6.54. The lowest BCUT2D eigenvalue weighted by molar-refractivity contribution is 0.0699. The van der Waals surface area contributed by atoms with Crippen LogP contribution >= 0.6 is 11.3 Å². The summed E-state index contributed by atoms with van der Waals surface area (Å²) in [5.74, 6) is 1.55. The quantitative estimate of drug-likeness (QED) is 0.677. The second-order valence-corrected chi connectivity index (χ2v) is 7.26. The first-order valence-electron chi connectivity index (χ1n) is 8.92. The number of methoxy groups -OCH3 is 1. The Kier molecular flexibility index (Phi) is 5.15. The third-order valence-corrected chi connectivity index (χ3v) is 5.47. The average Bonchev–Trinajstić information content (AvgIpc) is 3.40. The van der Waals surface area contributed by atoms with Gasteiger partial charge in [-0.3, -0.25) is 4.79 Å². The third-order valence-electron chi connectivity index (χ3n) is 4.83. The Morgan fingerprint density at radius 1 is 1.33 bits per heavy atom. The van der Waals surface area contributed by atoms with Crippen LogP contribution in [0.2, 0.25) is 0 Å². The van der Waals surface area contributed by atoms with E-state index in [1.54, 1.807) is 29.7 Å². The molecule has 0 N–H and O–H groups in total. The van der Waals surface area contributed by atoms with Crippen LogP contribution in [0, 0.1) is 0 Å². The molecular formula is C19H21N5O2S. The van der Waals surface area contributed by atoms with E-state index in [4.69, 9.17) is 4.74 Å². The summed E-state index contributed by atoms with van der Waals surface area (Å²) < 4.78 is 7.39. The third kappa shape index (κ3) is 3.71. The van der Waals surface area contributed by atoms with Crippen molar-refractivity contribution in [1.29, 1.82) is 0 Å². The minimum atomic E-state index is -0.0396. The maximum Gasteiger partial charge on any atom is 0.259 e. The highest BCUT2D eigenvalue weighted by atomic mass is 32.1. The predicted molar refractivity (Wildman–Crippen MR) is 102 cm³/mol. The molecule has 1 aliphatic heterocycles. The zero-order valence-electron chi connectivity index (χ0n) is 15.1. The van der Waals surface area contributed by atoms with Crippen molar-refractivity contribution in [3.8, 4) is 5.88 Å². The van der Waals surface area contributed by atoms with E-state index in [1.807, 2.05) is 22.8 Å². The van der Waals surface area contributed by atoms with Crippen LogP contribution in [0.5, 0.6) is 5.88 Å². The Morgan fingerprint density at radius 2 is 2.26 bits per heavy atom. The molecule has 8 heteroatoms. The Morgan fingerprint density at radius 3 is 3.07 bits per heavy atom. The van der Waals surface area contributed by atoms with Gasteiger partial charge in [0, 0.05) is 43.0 Å². The molecule has 0 aliphatic carbocycles. The average molecular weight is 383 g/mol. The molecule has 0 unspecified atom stereocenters. The van der Waals surface area contributed by atoms with Crippen molar-refractivity contribution < 1.29 is 9.53 Å². The molecule has 1 atom stereocenters. The molecule has 0 spiro atoms. The monoisotopic (exact) mass is 383 g/mol. The molecule has 0 radical (unpaired) electrons. The first kappa shape index (κ1) is 17.7. The van der Waals surface area contributed by atoms with Crippen molar-refractivity contribution >= 4 is 17.2 Å². The van der Waals surface area contributed by atoms with Gasteiger partial charge >= 0.3 is 0 Å². The Hall–Kier alpha value is -2.74. The molecule has 3 aromatic rings. The molecule has 0 bridgehead atoms. The molecule has 0 saturated carbocycles. The number of hydrogen-bond acceptors (Lipinski definition) is 6. The molecule has 1 saturated heterocycles. The molecular weight excluding hydrogens is 362 g/mol. The maximum atomic E-state index is 13.0. The number of hydrogen-bond donors (Lipinski definition) is 0. The van der Waals surface area contributed by atoms with Crippen molar-refractivity contribution in [3.63, 3.8) is 0 Å². The molecule has 4 rings (SSSR count). The van der Waals surface area contributed by atoms with E-state index in [1.165, 1.54) is 7.11 Å². The molecule has 1 amide bonds. The van der Waals surface area contributed by atoms with Gasteiger partial charge in [0.25, 0.3) is 5.91 Å². The van der Waals surface area contributed by atoms with Gasteiger partial charge < -0.3 is 14.2 Å². The van der Waals surface area contributed by atoms with E-state index in [9.17, 15) is 4.79 Å². The van der Waals surface area contributed by atoms with Crippen LogP contribution in [0.15, 0.2) is 41.6 Å². The van der Waals surface area contributed by atoms with Crippen molar-refractivity contribution in [2.75, 3.05) is 20.2 Å². The Labute approximate surface area is 161 Å². The van der Waals surface area contributed by atoms with E-state index in [2.05, 4.69) is 24.9 Å². The zero-order valence-corrected chi connectivity index (χ0v) is 15.9. The van der Waals surface area contributed by atoms with Crippen molar-refractivity contribution in [2.45, 2.75) is 25.3 Å². The fourth-order valence-electron chi connectivity index (χ4n) is 3.56. The van der Waals surface area contributed by atoms with Crippen LogP contribution in [-0.2, 0) is 6.54 Å².